The minimum absolute atomic E-state index is 0.0478. The Morgan fingerprint density at radius 1 is 1.35 bits per heavy atom. The predicted molar refractivity (Wildman–Crippen MR) is 80.8 cm³/mol. The summed E-state index contributed by atoms with van der Waals surface area (Å²) in [6.07, 6.45) is 1.01. The van der Waals surface area contributed by atoms with Crippen molar-refractivity contribution in [2.45, 2.75) is 13.3 Å². The molecule has 1 N–H and O–H groups in total. The fourth-order valence-corrected chi connectivity index (χ4v) is 2.78. The smallest absolute Gasteiger partial charge is 0.256 e. The second-order valence-electron chi connectivity index (χ2n) is 3.64. The number of aryl methyl sites for hydroxylation is 1. The largest absolute Gasteiger partial charge is 0.322 e. The number of thiophene rings is 1. The van der Waals surface area contributed by atoms with Crippen molar-refractivity contribution in [3.8, 4) is 0 Å². The molecule has 0 atom stereocenters. The van der Waals surface area contributed by atoms with E-state index in [1.165, 1.54) is 5.56 Å². The molecular weight excluding hydrogens is 345 g/mol. The minimum atomic E-state index is -0.0478. The summed E-state index contributed by atoms with van der Waals surface area (Å²) in [4.78, 5) is 11.9. The van der Waals surface area contributed by atoms with Crippen molar-refractivity contribution in [1.82, 2.24) is 0 Å². The average Bonchev–Trinajstić information content (AvgIpc) is 2.77. The topological polar surface area (TPSA) is 29.1 Å². The number of carbonyl (C=O) groups excluding carboxylic acids is 1. The summed E-state index contributed by atoms with van der Waals surface area (Å²) >= 11 is 3.79. The van der Waals surface area contributed by atoms with Gasteiger partial charge in [0.05, 0.1) is 8.45 Å². The van der Waals surface area contributed by atoms with E-state index in [-0.39, 0.29) is 5.91 Å². The van der Waals surface area contributed by atoms with Crippen LogP contribution in [0.2, 0.25) is 0 Å². The van der Waals surface area contributed by atoms with Gasteiger partial charge in [0.25, 0.3) is 5.91 Å². The van der Waals surface area contributed by atoms with Crippen molar-refractivity contribution >= 4 is 45.5 Å². The number of rotatable bonds is 3. The molecule has 0 aliphatic heterocycles. The number of anilines is 1. The number of benzene rings is 1. The molecule has 4 heteroatoms. The summed E-state index contributed by atoms with van der Waals surface area (Å²) in [7, 11) is 0. The molecule has 2 aromatic rings. The first-order valence-corrected chi connectivity index (χ1v) is 7.29. The van der Waals surface area contributed by atoms with Gasteiger partial charge in [-0.15, -0.1) is 11.3 Å². The number of nitrogens with one attached hydrogen (secondary N) is 1. The van der Waals surface area contributed by atoms with E-state index in [1.54, 1.807) is 11.3 Å². The fourth-order valence-electron chi connectivity index (χ4n) is 1.46. The van der Waals surface area contributed by atoms with Crippen LogP contribution >= 0.6 is 33.9 Å². The van der Waals surface area contributed by atoms with Gasteiger partial charge in [-0.2, -0.15) is 0 Å². The summed E-state index contributed by atoms with van der Waals surface area (Å²) in [5.41, 5.74) is 2.83. The first kappa shape index (κ1) is 12.6. The minimum Gasteiger partial charge on any atom is -0.322 e. The van der Waals surface area contributed by atoms with Gasteiger partial charge in [-0.1, -0.05) is 19.1 Å². The molecule has 0 aliphatic carbocycles. The van der Waals surface area contributed by atoms with Gasteiger partial charge in [0.2, 0.25) is 0 Å². The van der Waals surface area contributed by atoms with Crippen molar-refractivity contribution in [3.05, 3.63) is 49.7 Å². The Kier molecular flexibility index (Phi) is 4.17. The Morgan fingerprint density at radius 3 is 2.59 bits per heavy atom. The van der Waals surface area contributed by atoms with E-state index < -0.39 is 0 Å². The summed E-state index contributed by atoms with van der Waals surface area (Å²) in [5.74, 6) is -0.0478. The first-order chi connectivity index (χ1) is 8.19. The number of hydrogen-bond acceptors (Lipinski definition) is 2. The van der Waals surface area contributed by atoms with Gasteiger partial charge in [0, 0.05) is 11.1 Å². The van der Waals surface area contributed by atoms with E-state index in [9.17, 15) is 4.79 Å². The van der Waals surface area contributed by atoms with Gasteiger partial charge >= 0.3 is 0 Å². The molecule has 88 valence electrons. The molecule has 0 radical (unpaired) electrons. The fraction of sp³-hybridized carbons (Fsp3) is 0.154. The lowest BCUT2D eigenvalue weighted by Crippen LogP contribution is -2.10. The zero-order valence-electron chi connectivity index (χ0n) is 9.37. The van der Waals surface area contributed by atoms with E-state index >= 15 is 0 Å². The van der Waals surface area contributed by atoms with Gasteiger partial charge < -0.3 is 5.32 Å². The number of amides is 1. The SMILES string of the molecule is CCc1ccc(NC(=O)c2csc(I)c2)cc1. The van der Waals surface area contributed by atoms with Crippen LogP contribution in [0, 0.1) is 2.88 Å². The van der Waals surface area contributed by atoms with E-state index in [0.29, 0.717) is 0 Å². The molecule has 1 aromatic heterocycles. The number of carbonyl (C=O) groups is 1. The zero-order valence-corrected chi connectivity index (χ0v) is 12.3. The second kappa shape index (κ2) is 5.64. The Balaban J connectivity index is 2.07. The Morgan fingerprint density at radius 2 is 2.06 bits per heavy atom. The van der Waals surface area contributed by atoms with Crippen LogP contribution in [0.5, 0.6) is 0 Å². The summed E-state index contributed by atoms with van der Waals surface area (Å²) in [6.45, 7) is 2.11. The monoisotopic (exact) mass is 357 g/mol. The van der Waals surface area contributed by atoms with Crippen LogP contribution < -0.4 is 5.32 Å². The van der Waals surface area contributed by atoms with E-state index in [4.69, 9.17) is 0 Å². The van der Waals surface area contributed by atoms with E-state index in [2.05, 4.69) is 34.8 Å². The maximum absolute atomic E-state index is 11.9. The molecule has 2 nitrogen and oxygen atoms in total. The molecule has 0 spiro atoms. The summed E-state index contributed by atoms with van der Waals surface area (Å²) < 4.78 is 1.12. The van der Waals surface area contributed by atoms with Crippen LogP contribution in [-0.4, -0.2) is 5.91 Å². The molecule has 0 fully saturated rings. The third-order valence-corrected chi connectivity index (χ3v) is 4.24. The standard InChI is InChI=1S/C13H12INOS/c1-2-9-3-5-11(6-4-9)15-13(16)10-7-12(14)17-8-10/h3-8H,2H2,1H3,(H,15,16). The molecule has 1 heterocycles. The van der Waals surface area contributed by atoms with Crippen LogP contribution in [0.15, 0.2) is 35.7 Å². The zero-order chi connectivity index (χ0) is 12.3. The first-order valence-electron chi connectivity index (χ1n) is 5.33. The Bertz CT molecular complexity index is 518. The maximum Gasteiger partial charge on any atom is 0.256 e. The van der Waals surface area contributed by atoms with Crippen molar-refractivity contribution < 1.29 is 4.79 Å². The molecule has 1 amide bonds. The van der Waals surface area contributed by atoms with Crippen LogP contribution in [0.25, 0.3) is 0 Å². The lowest BCUT2D eigenvalue weighted by Gasteiger charge is -2.04. The van der Waals surface area contributed by atoms with E-state index in [1.807, 2.05) is 35.7 Å². The average molecular weight is 357 g/mol. The van der Waals surface area contributed by atoms with Crippen molar-refractivity contribution in [2.24, 2.45) is 0 Å². The molecule has 17 heavy (non-hydrogen) atoms. The third kappa shape index (κ3) is 3.29. The Labute approximate surface area is 118 Å². The van der Waals surface area contributed by atoms with Crippen LogP contribution in [0.1, 0.15) is 22.8 Å². The van der Waals surface area contributed by atoms with Gasteiger partial charge in [0.1, 0.15) is 0 Å². The molecule has 2 rings (SSSR count). The number of halogens is 1. The highest BCUT2D eigenvalue weighted by Crippen LogP contribution is 2.18. The van der Waals surface area contributed by atoms with Gasteiger partial charge in [0.15, 0.2) is 0 Å². The maximum atomic E-state index is 11.9. The van der Waals surface area contributed by atoms with Crippen LogP contribution in [-0.2, 0) is 6.42 Å². The van der Waals surface area contributed by atoms with Crippen LogP contribution in [0.4, 0.5) is 5.69 Å². The van der Waals surface area contributed by atoms with Crippen molar-refractivity contribution in [1.29, 1.82) is 0 Å². The molecule has 0 saturated heterocycles. The molecule has 0 unspecified atom stereocenters. The van der Waals surface area contributed by atoms with Crippen molar-refractivity contribution in [2.75, 3.05) is 5.32 Å². The molecule has 1 aromatic carbocycles. The van der Waals surface area contributed by atoms with E-state index in [0.717, 1.165) is 20.6 Å². The molecular formula is C13H12INOS. The lowest BCUT2D eigenvalue weighted by molar-refractivity contribution is 0.102. The predicted octanol–water partition coefficient (Wildman–Crippen LogP) is 4.17. The van der Waals surface area contributed by atoms with Crippen LogP contribution in [0.3, 0.4) is 0 Å². The van der Waals surface area contributed by atoms with Gasteiger partial charge in [-0.05, 0) is 52.8 Å². The Hall–Kier alpha value is -0.880. The highest BCUT2D eigenvalue weighted by atomic mass is 127. The highest BCUT2D eigenvalue weighted by Gasteiger charge is 2.07. The van der Waals surface area contributed by atoms with Gasteiger partial charge in [-0.3, -0.25) is 4.79 Å². The highest BCUT2D eigenvalue weighted by molar-refractivity contribution is 14.1. The van der Waals surface area contributed by atoms with Gasteiger partial charge in [-0.25, -0.2) is 0 Å². The summed E-state index contributed by atoms with van der Waals surface area (Å²) in [6, 6.07) is 9.84. The quantitative estimate of drug-likeness (QED) is 0.821. The lowest BCUT2D eigenvalue weighted by atomic mass is 10.1. The molecule has 0 bridgehead atoms. The second-order valence-corrected chi connectivity index (χ2v) is 6.45. The van der Waals surface area contributed by atoms with Crippen molar-refractivity contribution in [3.63, 3.8) is 0 Å². The molecule has 0 saturated carbocycles. The third-order valence-electron chi connectivity index (χ3n) is 2.45. The molecule has 0 aliphatic rings. The number of hydrogen-bond donors (Lipinski definition) is 1. The summed E-state index contributed by atoms with van der Waals surface area (Å²) in [5, 5.41) is 4.76. The normalized spacial score (nSPS) is 10.2.